The normalized spacial score (nSPS) is 12.2. The van der Waals surface area contributed by atoms with Gasteiger partial charge in [-0.25, -0.2) is 8.42 Å². The third-order valence-electron chi connectivity index (χ3n) is 2.79. The summed E-state index contributed by atoms with van der Waals surface area (Å²) in [6, 6.07) is 2.62. The van der Waals surface area contributed by atoms with Crippen LogP contribution < -0.4 is 5.73 Å². The maximum absolute atomic E-state index is 12.7. The average Bonchev–Trinajstić information content (AvgIpc) is 2.35. The van der Waals surface area contributed by atoms with Crippen molar-refractivity contribution in [3.05, 3.63) is 40.4 Å². The summed E-state index contributed by atoms with van der Waals surface area (Å²) in [5, 5.41) is 0.443. The molecule has 7 heteroatoms. The molecule has 0 radical (unpaired) electrons. The van der Waals surface area contributed by atoms with E-state index in [0.717, 1.165) is 0 Å². The van der Waals surface area contributed by atoms with Gasteiger partial charge in [0, 0.05) is 24.2 Å². The maximum Gasteiger partial charge on any atom is 0.245 e. The van der Waals surface area contributed by atoms with Crippen LogP contribution in [0.1, 0.15) is 19.4 Å². The molecule has 1 aromatic carbocycles. The van der Waals surface area contributed by atoms with Gasteiger partial charge in [-0.2, -0.15) is 4.31 Å². The van der Waals surface area contributed by atoms with Crippen LogP contribution in [0.15, 0.2) is 29.7 Å². The van der Waals surface area contributed by atoms with Gasteiger partial charge in [0.25, 0.3) is 0 Å². The fourth-order valence-corrected chi connectivity index (χ4v) is 4.22. The quantitative estimate of drug-likeness (QED) is 0.812. The van der Waals surface area contributed by atoms with Crippen LogP contribution in [0, 0.1) is 0 Å². The van der Waals surface area contributed by atoms with Gasteiger partial charge in [0.1, 0.15) is 4.90 Å². The molecule has 2 N–H and O–H groups in total. The van der Waals surface area contributed by atoms with Crippen molar-refractivity contribution in [2.45, 2.75) is 31.3 Å². The molecule has 1 rings (SSSR count). The highest BCUT2D eigenvalue weighted by atomic mass is 35.5. The number of rotatable bonds is 6. The molecule has 0 unspecified atom stereocenters. The Morgan fingerprint density at radius 3 is 2.40 bits per heavy atom. The summed E-state index contributed by atoms with van der Waals surface area (Å²) in [6.45, 7) is 7.50. The molecule has 0 aliphatic carbocycles. The van der Waals surface area contributed by atoms with Crippen molar-refractivity contribution in [2.24, 2.45) is 5.73 Å². The Labute approximate surface area is 130 Å². The Kier molecular flexibility index (Phi) is 6.04. The number of hydrogen-bond acceptors (Lipinski definition) is 3. The van der Waals surface area contributed by atoms with Crippen LogP contribution in [0.5, 0.6) is 0 Å². The van der Waals surface area contributed by atoms with Gasteiger partial charge in [-0.15, -0.1) is 6.58 Å². The molecule has 0 bridgehead atoms. The molecule has 0 aromatic heterocycles. The van der Waals surface area contributed by atoms with Gasteiger partial charge in [0.15, 0.2) is 0 Å². The molecule has 0 heterocycles. The Morgan fingerprint density at radius 1 is 1.35 bits per heavy atom. The molecule has 0 aliphatic heterocycles. The van der Waals surface area contributed by atoms with Crippen LogP contribution in [0.3, 0.4) is 0 Å². The predicted octanol–water partition coefficient (Wildman–Crippen LogP) is 3.04. The molecule has 0 spiro atoms. The number of hydrogen-bond donors (Lipinski definition) is 1. The van der Waals surface area contributed by atoms with Crippen LogP contribution in [0.4, 0.5) is 0 Å². The predicted molar refractivity (Wildman–Crippen MR) is 83.6 cm³/mol. The second kappa shape index (κ2) is 6.91. The van der Waals surface area contributed by atoms with Gasteiger partial charge in [0.05, 0.1) is 5.02 Å². The molecule has 0 saturated heterocycles. The molecule has 0 saturated carbocycles. The van der Waals surface area contributed by atoms with Crippen LogP contribution in [-0.4, -0.2) is 25.3 Å². The molecule has 20 heavy (non-hydrogen) atoms. The van der Waals surface area contributed by atoms with E-state index < -0.39 is 10.0 Å². The Bertz CT molecular complexity index is 601. The van der Waals surface area contributed by atoms with Crippen LogP contribution in [0.2, 0.25) is 10.0 Å². The van der Waals surface area contributed by atoms with E-state index in [9.17, 15) is 8.42 Å². The van der Waals surface area contributed by atoms with E-state index in [1.54, 1.807) is 13.8 Å². The minimum Gasteiger partial charge on any atom is -0.326 e. The van der Waals surface area contributed by atoms with Crippen molar-refractivity contribution >= 4 is 33.2 Å². The SMILES string of the molecule is C=CCN(C(C)C)S(=O)(=O)c1cc(CN)c(Cl)cc1Cl. The van der Waals surface area contributed by atoms with Crippen molar-refractivity contribution in [3.63, 3.8) is 0 Å². The minimum absolute atomic E-state index is 0.0135. The Balaban J connectivity index is 3.44. The van der Waals surface area contributed by atoms with E-state index in [4.69, 9.17) is 28.9 Å². The van der Waals surface area contributed by atoms with E-state index in [1.165, 1.54) is 22.5 Å². The fraction of sp³-hybridized carbons (Fsp3) is 0.385. The van der Waals surface area contributed by atoms with E-state index in [0.29, 0.717) is 10.6 Å². The van der Waals surface area contributed by atoms with Gasteiger partial charge in [0.2, 0.25) is 10.0 Å². The fourth-order valence-electron chi connectivity index (χ4n) is 1.77. The summed E-state index contributed by atoms with van der Waals surface area (Å²) in [4.78, 5) is 0.0135. The second-order valence-corrected chi connectivity index (χ2v) is 7.21. The van der Waals surface area contributed by atoms with Gasteiger partial charge in [-0.3, -0.25) is 0 Å². The third-order valence-corrected chi connectivity index (χ3v) is 5.65. The summed E-state index contributed by atoms with van der Waals surface area (Å²) in [7, 11) is -3.73. The number of nitrogens with zero attached hydrogens (tertiary/aromatic N) is 1. The van der Waals surface area contributed by atoms with E-state index in [2.05, 4.69) is 6.58 Å². The highest BCUT2D eigenvalue weighted by Gasteiger charge is 2.28. The first-order valence-electron chi connectivity index (χ1n) is 6.06. The van der Waals surface area contributed by atoms with E-state index in [-0.39, 0.29) is 29.0 Å². The largest absolute Gasteiger partial charge is 0.326 e. The molecular formula is C13H18Cl2N2O2S. The topological polar surface area (TPSA) is 63.4 Å². The Morgan fingerprint density at radius 2 is 1.95 bits per heavy atom. The zero-order valence-corrected chi connectivity index (χ0v) is 13.8. The molecule has 1 aromatic rings. The summed E-state index contributed by atoms with van der Waals surface area (Å²) < 4.78 is 26.7. The molecule has 0 atom stereocenters. The lowest BCUT2D eigenvalue weighted by Gasteiger charge is -2.25. The molecule has 0 aliphatic rings. The van der Waals surface area contributed by atoms with Crippen LogP contribution in [-0.2, 0) is 16.6 Å². The maximum atomic E-state index is 12.7. The van der Waals surface area contributed by atoms with Crippen LogP contribution in [0.25, 0.3) is 0 Å². The first kappa shape index (κ1) is 17.5. The molecule has 0 fully saturated rings. The molecule has 0 amide bonds. The lowest BCUT2D eigenvalue weighted by molar-refractivity contribution is 0.383. The molecular weight excluding hydrogens is 319 g/mol. The standard InChI is InChI=1S/C13H18Cl2N2O2S/c1-4-5-17(9(2)3)20(18,19)13-6-10(8-16)11(14)7-12(13)15/h4,6-7,9H,1,5,8,16H2,2-3H3. The summed E-state index contributed by atoms with van der Waals surface area (Å²) in [6.07, 6.45) is 1.53. The minimum atomic E-state index is -3.73. The highest BCUT2D eigenvalue weighted by Crippen LogP contribution is 2.31. The van der Waals surface area contributed by atoms with Gasteiger partial charge >= 0.3 is 0 Å². The van der Waals surface area contributed by atoms with Crippen molar-refractivity contribution in [3.8, 4) is 0 Å². The third kappa shape index (κ3) is 3.54. The van der Waals surface area contributed by atoms with Crippen molar-refractivity contribution in [2.75, 3.05) is 6.54 Å². The smallest absolute Gasteiger partial charge is 0.245 e. The highest BCUT2D eigenvalue weighted by molar-refractivity contribution is 7.89. The van der Waals surface area contributed by atoms with Crippen molar-refractivity contribution < 1.29 is 8.42 Å². The van der Waals surface area contributed by atoms with Gasteiger partial charge in [-0.1, -0.05) is 29.3 Å². The zero-order valence-electron chi connectivity index (χ0n) is 11.4. The number of sulfonamides is 1. The molecule has 4 nitrogen and oxygen atoms in total. The van der Waals surface area contributed by atoms with Crippen molar-refractivity contribution in [1.82, 2.24) is 4.31 Å². The summed E-state index contributed by atoms with van der Waals surface area (Å²) >= 11 is 12.0. The monoisotopic (exact) mass is 336 g/mol. The van der Waals surface area contributed by atoms with E-state index >= 15 is 0 Å². The number of halogens is 2. The van der Waals surface area contributed by atoms with Crippen molar-refractivity contribution in [1.29, 1.82) is 0 Å². The van der Waals surface area contributed by atoms with Gasteiger partial charge in [-0.05, 0) is 31.5 Å². The molecule has 112 valence electrons. The first-order chi connectivity index (χ1) is 9.25. The summed E-state index contributed by atoms with van der Waals surface area (Å²) in [5.41, 5.74) is 6.09. The number of benzene rings is 1. The summed E-state index contributed by atoms with van der Waals surface area (Å²) in [5.74, 6) is 0. The first-order valence-corrected chi connectivity index (χ1v) is 8.26. The number of nitrogens with two attached hydrogens (primary N) is 1. The lowest BCUT2D eigenvalue weighted by atomic mass is 10.2. The van der Waals surface area contributed by atoms with Gasteiger partial charge < -0.3 is 5.73 Å². The van der Waals surface area contributed by atoms with E-state index in [1.807, 2.05) is 0 Å². The zero-order chi connectivity index (χ0) is 15.5. The second-order valence-electron chi connectivity index (χ2n) is 4.54. The average molecular weight is 337 g/mol. The lowest BCUT2D eigenvalue weighted by Crippen LogP contribution is -2.37. The van der Waals surface area contributed by atoms with Crippen LogP contribution >= 0.6 is 23.2 Å². The Hall–Kier alpha value is -0.590.